The highest BCUT2D eigenvalue weighted by molar-refractivity contribution is 5.61. The van der Waals surface area contributed by atoms with Gasteiger partial charge in [-0.05, 0) is 18.6 Å². The minimum atomic E-state index is 0.288. The van der Waals surface area contributed by atoms with Gasteiger partial charge >= 0.3 is 0 Å². The molecule has 6 heteroatoms. The molecule has 0 heterocycles. The number of nitrogens with one attached hydrogen (secondary N) is 1. The second-order valence-electron chi connectivity index (χ2n) is 4.24. The zero-order valence-corrected chi connectivity index (χ0v) is 11.9. The van der Waals surface area contributed by atoms with Crippen molar-refractivity contribution in [3.63, 3.8) is 0 Å². The number of rotatable bonds is 9. The van der Waals surface area contributed by atoms with Gasteiger partial charge < -0.3 is 14.4 Å². The Hall–Kier alpha value is -2.13. The molecule has 0 aliphatic carbocycles. The molecule has 0 atom stereocenters. The van der Waals surface area contributed by atoms with Gasteiger partial charge in [-0.2, -0.15) is 10.4 Å². The Kier molecular flexibility index (Phi) is 7.07. The van der Waals surface area contributed by atoms with E-state index in [1.54, 1.807) is 17.0 Å². The normalized spacial score (nSPS) is 9.85. The first-order chi connectivity index (χ1) is 9.72. The van der Waals surface area contributed by atoms with Crippen LogP contribution >= 0.6 is 0 Å². The summed E-state index contributed by atoms with van der Waals surface area (Å²) in [5.74, 6) is 0.530. The summed E-state index contributed by atoms with van der Waals surface area (Å²) < 4.78 is 10.9. The molecule has 6 nitrogen and oxygen atoms in total. The van der Waals surface area contributed by atoms with Crippen molar-refractivity contribution in [3.05, 3.63) is 18.2 Å². The Morgan fingerprint density at radius 2 is 2.15 bits per heavy atom. The van der Waals surface area contributed by atoms with Crippen LogP contribution in [0.3, 0.4) is 0 Å². The second kappa shape index (κ2) is 8.88. The van der Waals surface area contributed by atoms with E-state index in [-0.39, 0.29) is 6.54 Å². The maximum absolute atomic E-state index is 8.70. The van der Waals surface area contributed by atoms with Crippen LogP contribution < -0.4 is 9.64 Å². The summed E-state index contributed by atoms with van der Waals surface area (Å²) in [6, 6.07) is 7.38. The van der Waals surface area contributed by atoms with Crippen LogP contribution in [-0.2, 0) is 4.74 Å². The lowest BCUT2D eigenvalue weighted by molar-refractivity contribution is 0.101. The van der Waals surface area contributed by atoms with Gasteiger partial charge in [-0.1, -0.05) is 6.92 Å². The molecule has 0 fully saturated rings. The van der Waals surface area contributed by atoms with E-state index in [1.165, 1.54) is 0 Å². The van der Waals surface area contributed by atoms with Gasteiger partial charge in [0.2, 0.25) is 0 Å². The van der Waals surface area contributed by atoms with Gasteiger partial charge in [0.1, 0.15) is 24.6 Å². The van der Waals surface area contributed by atoms with Crippen molar-refractivity contribution in [1.82, 2.24) is 0 Å². The molecule has 0 saturated heterocycles. The third-order valence-electron chi connectivity index (χ3n) is 2.65. The van der Waals surface area contributed by atoms with E-state index < -0.39 is 0 Å². The molecule has 20 heavy (non-hydrogen) atoms. The van der Waals surface area contributed by atoms with E-state index in [4.69, 9.17) is 20.3 Å². The Labute approximate surface area is 119 Å². The molecule has 1 aromatic rings. The van der Waals surface area contributed by atoms with Crippen LogP contribution in [0, 0.1) is 16.9 Å². The van der Waals surface area contributed by atoms with Crippen molar-refractivity contribution >= 4 is 11.4 Å². The third kappa shape index (κ3) is 4.86. The van der Waals surface area contributed by atoms with Crippen molar-refractivity contribution in [1.29, 1.82) is 10.8 Å². The highest BCUT2D eigenvalue weighted by Crippen LogP contribution is 2.31. The van der Waals surface area contributed by atoms with E-state index >= 15 is 0 Å². The molecule has 1 N–H and O–H groups in total. The Morgan fingerprint density at radius 1 is 1.35 bits per heavy atom. The van der Waals surface area contributed by atoms with Gasteiger partial charge in [-0.3, -0.25) is 0 Å². The maximum Gasteiger partial charge on any atom is 0.148 e. The number of nitriles is 1. The van der Waals surface area contributed by atoms with E-state index in [0.29, 0.717) is 31.3 Å². The first-order valence-corrected chi connectivity index (χ1v) is 6.53. The molecule has 0 spiro atoms. The summed E-state index contributed by atoms with van der Waals surface area (Å²) in [6.45, 7) is 3.96. The van der Waals surface area contributed by atoms with Gasteiger partial charge in [0.15, 0.2) is 0 Å². The predicted molar refractivity (Wildman–Crippen MR) is 76.7 cm³/mol. The summed E-state index contributed by atoms with van der Waals surface area (Å²) in [6.07, 6.45) is 0.974. The first-order valence-electron chi connectivity index (χ1n) is 6.53. The van der Waals surface area contributed by atoms with E-state index in [1.807, 2.05) is 20.0 Å². The molecule has 108 valence electrons. The second-order valence-corrected chi connectivity index (χ2v) is 4.24. The van der Waals surface area contributed by atoms with Crippen LogP contribution in [0.4, 0.5) is 11.4 Å². The van der Waals surface area contributed by atoms with E-state index in [9.17, 15) is 0 Å². The van der Waals surface area contributed by atoms with Crippen molar-refractivity contribution in [2.75, 3.05) is 38.3 Å². The highest BCUT2D eigenvalue weighted by atomic mass is 16.5. The molecular formula is C14H20N4O2. The molecule has 0 unspecified atom stereocenters. The summed E-state index contributed by atoms with van der Waals surface area (Å²) >= 11 is 0. The first kappa shape index (κ1) is 15.9. The molecule has 0 bridgehead atoms. The molecule has 1 aromatic carbocycles. The van der Waals surface area contributed by atoms with Crippen molar-refractivity contribution in [2.24, 2.45) is 5.11 Å². The van der Waals surface area contributed by atoms with Gasteiger partial charge in [0, 0.05) is 25.4 Å². The summed E-state index contributed by atoms with van der Waals surface area (Å²) in [5.41, 5.74) is 8.46. The number of ether oxygens (including phenoxy) is 2. The summed E-state index contributed by atoms with van der Waals surface area (Å²) in [5, 5.41) is 12.1. The molecule has 0 amide bonds. The van der Waals surface area contributed by atoms with E-state index in [2.05, 4.69) is 11.2 Å². The van der Waals surface area contributed by atoms with Crippen molar-refractivity contribution in [2.45, 2.75) is 13.3 Å². The van der Waals surface area contributed by atoms with Gasteiger partial charge in [0.05, 0.1) is 12.7 Å². The fourth-order valence-electron chi connectivity index (χ4n) is 1.60. The molecule has 0 aliphatic rings. The van der Waals surface area contributed by atoms with Gasteiger partial charge in [0.25, 0.3) is 0 Å². The topological polar surface area (TPSA) is 81.7 Å². The minimum absolute atomic E-state index is 0.288. The Morgan fingerprint density at radius 3 is 2.80 bits per heavy atom. The number of nitrogens with zero attached hydrogens (tertiary/aromatic N) is 3. The zero-order chi connectivity index (χ0) is 14.8. The largest absolute Gasteiger partial charge is 0.489 e. The van der Waals surface area contributed by atoms with Crippen molar-refractivity contribution < 1.29 is 9.47 Å². The maximum atomic E-state index is 8.70. The SMILES string of the molecule is CCCOCCOc1cc(N(C)CC#N)ccc1N=N. The van der Waals surface area contributed by atoms with E-state index in [0.717, 1.165) is 12.1 Å². The molecule has 0 aliphatic heterocycles. The highest BCUT2D eigenvalue weighted by Gasteiger charge is 2.07. The van der Waals surface area contributed by atoms with Crippen molar-refractivity contribution in [3.8, 4) is 11.8 Å². The zero-order valence-electron chi connectivity index (χ0n) is 11.9. The van der Waals surface area contributed by atoms with Gasteiger partial charge in [-0.15, -0.1) is 0 Å². The molecule has 0 aromatic heterocycles. The minimum Gasteiger partial charge on any atom is -0.489 e. The van der Waals surface area contributed by atoms with Crippen LogP contribution in [0.1, 0.15) is 13.3 Å². The standard InChI is InChI=1S/C14H20N4O2/c1-3-8-19-9-10-20-14-11-12(18(2)7-6-15)4-5-13(14)17-16/h4-5,11,16H,3,7-10H2,1-2H3. The lowest BCUT2D eigenvalue weighted by atomic mass is 10.2. The predicted octanol–water partition coefficient (Wildman–Crippen LogP) is 3.11. The van der Waals surface area contributed by atoms with Crippen LogP contribution in [0.15, 0.2) is 23.3 Å². The number of benzene rings is 1. The monoisotopic (exact) mass is 276 g/mol. The molecular weight excluding hydrogens is 256 g/mol. The molecule has 0 radical (unpaired) electrons. The Balaban J connectivity index is 2.69. The third-order valence-corrected chi connectivity index (χ3v) is 2.65. The van der Waals surface area contributed by atoms with Crippen LogP contribution in [-0.4, -0.2) is 33.4 Å². The number of hydrogen-bond donors (Lipinski definition) is 1. The lowest BCUT2D eigenvalue weighted by Gasteiger charge is -2.17. The average molecular weight is 276 g/mol. The summed E-state index contributed by atoms with van der Waals surface area (Å²) in [7, 11) is 1.82. The van der Waals surface area contributed by atoms with Crippen LogP contribution in [0.25, 0.3) is 0 Å². The fraction of sp³-hybridized carbons (Fsp3) is 0.500. The lowest BCUT2D eigenvalue weighted by Crippen LogP contribution is -2.17. The summed E-state index contributed by atoms with van der Waals surface area (Å²) in [4.78, 5) is 1.80. The fourth-order valence-corrected chi connectivity index (χ4v) is 1.60. The quantitative estimate of drug-likeness (QED) is 0.427. The molecule has 1 rings (SSSR count). The average Bonchev–Trinajstić information content (AvgIpc) is 2.47. The van der Waals surface area contributed by atoms with Gasteiger partial charge in [-0.25, -0.2) is 5.53 Å². The van der Waals surface area contributed by atoms with Crippen LogP contribution in [0.5, 0.6) is 5.75 Å². The van der Waals surface area contributed by atoms with Crippen LogP contribution in [0.2, 0.25) is 0 Å². The molecule has 0 saturated carbocycles. The Bertz CT molecular complexity index is 471. The smallest absolute Gasteiger partial charge is 0.148 e. The number of hydrogen-bond acceptors (Lipinski definition) is 6. The number of anilines is 1.